The highest BCUT2D eigenvalue weighted by molar-refractivity contribution is 6.09. The Balaban J connectivity index is 1.81. The summed E-state index contributed by atoms with van der Waals surface area (Å²) in [5.41, 5.74) is 2.91. The van der Waals surface area contributed by atoms with Crippen LogP contribution in [-0.2, 0) is 4.74 Å². The van der Waals surface area contributed by atoms with Gasteiger partial charge in [0.15, 0.2) is 0 Å². The first-order valence-corrected chi connectivity index (χ1v) is 8.72. The number of likely N-dealkylation sites (N-methyl/N-ethyl adjacent to an activating group) is 1. The summed E-state index contributed by atoms with van der Waals surface area (Å²) in [5.74, 6) is 0. The monoisotopic (exact) mass is 315 g/mol. The number of benzene rings is 3. The molecule has 0 saturated carbocycles. The second-order valence-electron chi connectivity index (χ2n) is 7.01. The van der Waals surface area contributed by atoms with Crippen molar-refractivity contribution in [2.75, 3.05) is 20.3 Å². The molecular weight excluding hydrogens is 294 g/mol. The molecule has 1 fully saturated rings. The van der Waals surface area contributed by atoms with E-state index in [2.05, 4.69) is 72.6 Å². The Labute approximate surface area is 142 Å². The van der Waals surface area contributed by atoms with E-state index < -0.39 is 0 Å². The van der Waals surface area contributed by atoms with E-state index in [1.165, 1.54) is 32.7 Å². The molecule has 2 heterocycles. The van der Waals surface area contributed by atoms with Crippen LogP contribution in [0.5, 0.6) is 0 Å². The van der Waals surface area contributed by atoms with Crippen molar-refractivity contribution in [3.05, 3.63) is 66.2 Å². The van der Waals surface area contributed by atoms with E-state index in [1.54, 1.807) is 0 Å². The van der Waals surface area contributed by atoms with Gasteiger partial charge in [-0.3, -0.25) is 4.90 Å². The molecule has 0 amide bonds. The highest BCUT2D eigenvalue weighted by Gasteiger charge is 2.33. The lowest BCUT2D eigenvalue weighted by atomic mass is 9.85. The predicted molar refractivity (Wildman–Crippen MR) is 100 cm³/mol. The molecule has 0 spiro atoms. The highest BCUT2D eigenvalue weighted by atomic mass is 16.5. The molecule has 24 heavy (non-hydrogen) atoms. The van der Waals surface area contributed by atoms with E-state index in [9.17, 15) is 0 Å². The van der Waals surface area contributed by atoms with Crippen molar-refractivity contribution >= 4 is 27.1 Å². The quantitative estimate of drug-likeness (QED) is 0.614. The minimum absolute atomic E-state index is 0.394. The van der Waals surface area contributed by atoms with E-state index in [0.717, 1.165) is 19.6 Å². The van der Waals surface area contributed by atoms with Crippen LogP contribution in [0, 0.1) is 0 Å². The molecule has 2 nitrogen and oxygen atoms in total. The van der Waals surface area contributed by atoms with Gasteiger partial charge in [0.2, 0.25) is 0 Å². The molecule has 0 aliphatic carbocycles. The van der Waals surface area contributed by atoms with Gasteiger partial charge in [-0.1, -0.05) is 54.6 Å². The standard InChI is InChI=1S/C22H21NO/c1-23-18-11-17(12-19(23)14-24-13-18)22-20-8-4-2-6-15(20)10-16-7-3-5-9-21(16)22/h2-11,18-19H,12-14H2,1H3. The fourth-order valence-electron chi connectivity index (χ4n) is 4.30. The number of hydrogen-bond acceptors (Lipinski definition) is 2. The van der Waals surface area contributed by atoms with Crippen molar-refractivity contribution in [2.24, 2.45) is 0 Å². The number of nitrogens with zero attached hydrogens (tertiary/aromatic N) is 1. The van der Waals surface area contributed by atoms with Crippen LogP contribution in [0.1, 0.15) is 12.0 Å². The summed E-state index contributed by atoms with van der Waals surface area (Å²) in [5, 5.41) is 5.39. The summed E-state index contributed by atoms with van der Waals surface area (Å²) in [6, 6.07) is 20.7. The summed E-state index contributed by atoms with van der Waals surface area (Å²) >= 11 is 0. The molecular formula is C22H21NO. The second-order valence-corrected chi connectivity index (χ2v) is 7.01. The molecule has 3 aromatic rings. The average Bonchev–Trinajstić information content (AvgIpc) is 2.59. The fraction of sp³-hybridized carbons (Fsp3) is 0.273. The van der Waals surface area contributed by atoms with Crippen LogP contribution in [0.4, 0.5) is 0 Å². The van der Waals surface area contributed by atoms with E-state index in [0.29, 0.717) is 12.1 Å². The zero-order chi connectivity index (χ0) is 16.1. The number of hydrogen-bond donors (Lipinski definition) is 0. The van der Waals surface area contributed by atoms with Crippen LogP contribution < -0.4 is 0 Å². The van der Waals surface area contributed by atoms with Gasteiger partial charge in [-0.15, -0.1) is 0 Å². The first-order chi connectivity index (χ1) is 11.8. The Bertz CT molecular complexity index is 905. The number of ether oxygens (including phenoxy) is 1. The summed E-state index contributed by atoms with van der Waals surface area (Å²) < 4.78 is 5.78. The predicted octanol–water partition coefficient (Wildman–Crippen LogP) is 4.48. The third-order valence-electron chi connectivity index (χ3n) is 5.64. The van der Waals surface area contributed by atoms with Crippen LogP contribution >= 0.6 is 0 Å². The molecule has 0 aromatic heterocycles. The molecule has 2 atom stereocenters. The summed E-state index contributed by atoms with van der Waals surface area (Å²) in [6.45, 7) is 1.65. The number of fused-ring (bicyclic) bond motifs is 4. The zero-order valence-corrected chi connectivity index (χ0v) is 13.9. The Morgan fingerprint density at radius 1 is 0.917 bits per heavy atom. The van der Waals surface area contributed by atoms with Crippen molar-refractivity contribution < 1.29 is 4.74 Å². The molecule has 0 N–H and O–H groups in total. The molecule has 120 valence electrons. The van der Waals surface area contributed by atoms with Crippen LogP contribution in [0.2, 0.25) is 0 Å². The van der Waals surface area contributed by atoms with Crippen molar-refractivity contribution in [3.63, 3.8) is 0 Å². The Hall–Kier alpha value is -2.16. The Kier molecular flexibility index (Phi) is 3.22. The van der Waals surface area contributed by atoms with E-state index in [-0.39, 0.29) is 0 Å². The Morgan fingerprint density at radius 2 is 1.58 bits per heavy atom. The van der Waals surface area contributed by atoms with Gasteiger partial charge in [0.25, 0.3) is 0 Å². The van der Waals surface area contributed by atoms with Crippen molar-refractivity contribution in [1.82, 2.24) is 4.90 Å². The van der Waals surface area contributed by atoms with Gasteiger partial charge < -0.3 is 4.74 Å². The smallest absolute Gasteiger partial charge is 0.0658 e. The van der Waals surface area contributed by atoms with Gasteiger partial charge in [-0.05, 0) is 52.2 Å². The molecule has 1 saturated heterocycles. The number of morpholine rings is 1. The fourth-order valence-corrected chi connectivity index (χ4v) is 4.30. The van der Waals surface area contributed by atoms with Gasteiger partial charge >= 0.3 is 0 Å². The van der Waals surface area contributed by atoms with Crippen molar-refractivity contribution in [2.45, 2.75) is 18.5 Å². The first-order valence-electron chi connectivity index (χ1n) is 8.72. The van der Waals surface area contributed by atoms with E-state index >= 15 is 0 Å². The van der Waals surface area contributed by atoms with E-state index in [4.69, 9.17) is 4.74 Å². The highest BCUT2D eigenvalue weighted by Crippen LogP contribution is 2.39. The Morgan fingerprint density at radius 3 is 2.25 bits per heavy atom. The topological polar surface area (TPSA) is 12.5 Å². The molecule has 3 aromatic carbocycles. The SMILES string of the molecule is CN1C2C=C(c3c4ccccc4cc4ccccc34)CC1COC2. The molecule has 2 bridgehead atoms. The average molecular weight is 315 g/mol. The molecule has 2 aliphatic heterocycles. The van der Waals surface area contributed by atoms with Gasteiger partial charge in [0.05, 0.1) is 19.3 Å². The van der Waals surface area contributed by atoms with Crippen LogP contribution in [-0.4, -0.2) is 37.2 Å². The maximum Gasteiger partial charge on any atom is 0.0658 e. The maximum atomic E-state index is 5.78. The minimum Gasteiger partial charge on any atom is -0.378 e. The molecule has 5 rings (SSSR count). The third-order valence-corrected chi connectivity index (χ3v) is 5.64. The maximum absolute atomic E-state index is 5.78. The minimum atomic E-state index is 0.394. The lowest BCUT2D eigenvalue weighted by Crippen LogP contribution is -2.51. The first kappa shape index (κ1) is 14.2. The van der Waals surface area contributed by atoms with Gasteiger partial charge in [0, 0.05) is 6.04 Å². The number of rotatable bonds is 1. The van der Waals surface area contributed by atoms with Crippen LogP contribution in [0.15, 0.2) is 60.7 Å². The van der Waals surface area contributed by atoms with Crippen LogP contribution in [0.25, 0.3) is 27.1 Å². The molecule has 0 radical (unpaired) electrons. The van der Waals surface area contributed by atoms with Crippen molar-refractivity contribution in [3.8, 4) is 0 Å². The van der Waals surface area contributed by atoms with Gasteiger partial charge in [-0.25, -0.2) is 0 Å². The van der Waals surface area contributed by atoms with Gasteiger partial charge in [0.1, 0.15) is 0 Å². The molecule has 2 heteroatoms. The largest absolute Gasteiger partial charge is 0.378 e. The van der Waals surface area contributed by atoms with Crippen LogP contribution in [0.3, 0.4) is 0 Å². The lowest BCUT2D eigenvalue weighted by molar-refractivity contribution is -0.0221. The van der Waals surface area contributed by atoms with Gasteiger partial charge in [-0.2, -0.15) is 0 Å². The third kappa shape index (κ3) is 2.10. The summed E-state index contributed by atoms with van der Waals surface area (Å²) in [7, 11) is 2.23. The summed E-state index contributed by atoms with van der Waals surface area (Å²) in [4.78, 5) is 2.47. The normalized spacial score (nSPS) is 24.3. The zero-order valence-electron chi connectivity index (χ0n) is 13.9. The second kappa shape index (κ2) is 5.44. The molecule has 2 unspecified atom stereocenters. The summed E-state index contributed by atoms with van der Waals surface area (Å²) in [6.07, 6.45) is 3.49. The van der Waals surface area contributed by atoms with E-state index in [1.807, 2.05) is 0 Å². The van der Waals surface area contributed by atoms with Crippen molar-refractivity contribution in [1.29, 1.82) is 0 Å². The molecule has 2 aliphatic rings. The lowest BCUT2D eigenvalue weighted by Gasteiger charge is -2.42.